The predicted molar refractivity (Wildman–Crippen MR) is 76.6 cm³/mol. The van der Waals surface area contributed by atoms with Gasteiger partial charge in [0.05, 0.1) is 25.7 Å². The van der Waals surface area contributed by atoms with Gasteiger partial charge in [0.15, 0.2) is 0 Å². The first-order valence-electron chi connectivity index (χ1n) is 6.66. The molecule has 1 aromatic heterocycles. The summed E-state index contributed by atoms with van der Waals surface area (Å²) in [5.41, 5.74) is 3.50. The number of methoxy groups -OCH3 is 1. The molecule has 1 aromatic carbocycles. The first kappa shape index (κ1) is 13.7. The van der Waals surface area contributed by atoms with Crippen LogP contribution in [-0.4, -0.2) is 13.7 Å². The number of nitrogens with one attached hydrogen (secondary N) is 1. The van der Waals surface area contributed by atoms with Crippen LogP contribution >= 0.6 is 0 Å². The van der Waals surface area contributed by atoms with Crippen LogP contribution in [0.3, 0.4) is 0 Å². The van der Waals surface area contributed by atoms with Gasteiger partial charge in [-0.25, -0.2) is 0 Å². The fourth-order valence-electron chi connectivity index (χ4n) is 2.21. The third-order valence-corrected chi connectivity index (χ3v) is 3.17. The van der Waals surface area contributed by atoms with E-state index >= 15 is 0 Å². The molecular formula is C16H21NO2. The number of hydrogen-bond acceptors (Lipinski definition) is 3. The second kappa shape index (κ2) is 6.43. The van der Waals surface area contributed by atoms with Crippen LogP contribution < -0.4 is 10.1 Å². The molecule has 0 aliphatic heterocycles. The molecular weight excluding hydrogens is 238 g/mol. The summed E-state index contributed by atoms with van der Waals surface area (Å²) in [6, 6.07) is 8.35. The van der Waals surface area contributed by atoms with Gasteiger partial charge in [0.25, 0.3) is 0 Å². The monoisotopic (exact) mass is 259 g/mol. The van der Waals surface area contributed by atoms with Crippen molar-refractivity contribution in [3.63, 3.8) is 0 Å². The van der Waals surface area contributed by atoms with Gasteiger partial charge in [0.2, 0.25) is 0 Å². The van der Waals surface area contributed by atoms with E-state index < -0.39 is 0 Å². The Morgan fingerprint density at radius 1 is 1.32 bits per heavy atom. The fourth-order valence-corrected chi connectivity index (χ4v) is 2.21. The maximum Gasteiger partial charge on any atom is 0.124 e. The van der Waals surface area contributed by atoms with Crippen molar-refractivity contribution < 1.29 is 9.15 Å². The highest BCUT2D eigenvalue weighted by Crippen LogP contribution is 2.31. The normalized spacial score (nSPS) is 12.4. The van der Waals surface area contributed by atoms with E-state index in [0.29, 0.717) is 0 Å². The average Bonchev–Trinajstić information content (AvgIpc) is 2.93. The van der Waals surface area contributed by atoms with Gasteiger partial charge in [0.1, 0.15) is 5.75 Å². The molecule has 1 N–H and O–H groups in total. The van der Waals surface area contributed by atoms with Gasteiger partial charge in [-0.2, -0.15) is 0 Å². The molecule has 2 rings (SSSR count). The molecule has 0 radical (unpaired) electrons. The quantitative estimate of drug-likeness (QED) is 0.859. The van der Waals surface area contributed by atoms with Gasteiger partial charge in [0, 0.05) is 11.1 Å². The van der Waals surface area contributed by atoms with Crippen molar-refractivity contribution in [1.29, 1.82) is 0 Å². The van der Waals surface area contributed by atoms with Gasteiger partial charge in [-0.15, -0.1) is 0 Å². The van der Waals surface area contributed by atoms with Gasteiger partial charge < -0.3 is 14.5 Å². The van der Waals surface area contributed by atoms with Crippen molar-refractivity contribution in [3.05, 3.63) is 53.5 Å². The van der Waals surface area contributed by atoms with Gasteiger partial charge in [-0.3, -0.25) is 0 Å². The molecule has 0 saturated heterocycles. The summed E-state index contributed by atoms with van der Waals surface area (Å²) in [5, 5.41) is 3.55. The molecule has 0 aliphatic carbocycles. The van der Waals surface area contributed by atoms with Crippen LogP contribution in [0, 0.1) is 6.92 Å². The summed E-state index contributed by atoms with van der Waals surface area (Å²) in [6.07, 6.45) is 4.58. The lowest BCUT2D eigenvalue weighted by Gasteiger charge is -2.20. The van der Waals surface area contributed by atoms with Gasteiger partial charge in [-0.1, -0.05) is 24.6 Å². The summed E-state index contributed by atoms with van der Waals surface area (Å²) >= 11 is 0. The van der Waals surface area contributed by atoms with Crippen LogP contribution in [0.25, 0.3) is 0 Å². The number of hydrogen-bond donors (Lipinski definition) is 1. The Balaban J connectivity index is 2.39. The zero-order valence-electron chi connectivity index (χ0n) is 11.8. The number of aryl methyl sites for hydroxylation is 1. The molecule has 0 spiro atoms. The largest absolute Gasteiger partial charge is 0.496 e. The topological polar surface area (TPSA) is 34.4 Å². The smallest absolute Gasteiger partial charge is 0.124 e. The van der Waals surface area contributed by atoms with Gasteiger partial charge in [-0.05, 0) is 32.0 Å². The molecule has 3 heteroatoms. The first-order valence-corrected chi connectivity index (χ1v) is 6.66. The predicted octanol–water partition coefficient (Wildman–Crippen LogP) is 3.69. The Labute approximate surface area is 114 Å². The number of rotatable bonds is 6. The highest BCUT2D eigenvalue weighted by molar-refractivity contribution is 5.43. The standard InChI is InChI=1S/C16H21NO2/c1-4-8-17-16(13-7-9-19-11-13)14-10-12(2)5-6-15(14)18-3/h5-7,9-11,16-17H,4,8H2,1-3H3. The van der Waals surface area contributed by atoms with E-state index in [1.54, 1.807) is 19.6 Å². The SMILES string of the molecule is CCCNC(c1ccoc1)c1cc(C)ccc1OC. The Hall–Kier alpha value is -1.74. The number of ether oxygens (including phenoxy) is 1. The molecule has 3 nitrogen and oxygen atoms in total. The van der Waals surface area contributed by atoms with E-state index in [0.717, 1.165) is 29.8 Å². The Kier molecular flexibility index (Phi) is 4.63. The summed E-state index contributed by atoms with van der Waals surface area (Å²) in [4.78, 5) is 0. The molecule has 0 amide bonds. The number of benzene rings is 1. The zero-order valence-corrected chi connectivity index (χ0v) is 11.8. The highest BCUT2D eigenvalue weighted by atomic mass is 16.5. The maximum absolute atomic E-state index is 5.49. The minimum atomic E-state index is 0.105. The molecule has 2 aromatic rings. The van der Waals surface area contributed by atoms with E-state index in [2.05, 4.69) is 31.3 Å². The first-order chi connectivity index (χ1) is 9.26. The third-order valence-electron chi connectivity index (χ3n) is 3.17. The Morgan fingerprint density at radius 3 is 2.79 bits per heavy atom. The minimum Gasteiger partial charge on any atom is -0.496 e. The van der Waals surface area contributed by atoms with E-state index in [1.165, 1.54) is 5.56 Å². The van der Waals surface area contributed by atoms with Crippen molar-refractivity contribution >= 4 is 0 Å². The summed E-state index contributed by atoms with van der Waals surface area (Å²) in [7, 11) is 1.71. The molecule has 102 valence electrons. The van der Waals surface area contributed by atoms with Crippen molar-refractivity contribution in [3.8, 4) is 5.75 Å². The maximum atomic E-state index is 5.49. The Morgan fingerprint density at radius 2 is 2.16 bits per heavy atom. The second-order valence-corrected chi connectivity index (χ2v) is 4.69. The van der Waals surface area contributed by atoms with Crippen molar-refractivity contribution in [2.24, 2.45) is 0 Å². The summed E-state index contributed by atoms with van der Waals surface area (Å²) < 4.78 is 10.7. The lowest BCUT2D eigenvalue weighted by molar-refractivity contribution is 0.403. The molecule has 0 fully saturated rings. The van der Waals surface area contributed by atoms with E-state index in [1.807, 2.05) is 12.1 Å². The summed E-state index contributed by atoms with van der Waals surface area (Å²) in [6.45, 7) is 5.20. The van der Waals surface area contributed by atoms with Crippen molar-refractivity contribution in [2.45, 2.75) is 26.3 Å². The van der Waals surface area contributed by atoms with Crippen LogP contribution in [0.2, 0.25) is 0 Å². The lowest BCUT2D eigenvalue weighted by atomic mass is 9.98. The molecule has 19 heavy (non-hydrogen) atoms. The van der Waals surface area contributed by atoms with Crippen molar-refractivity contribution in [1.82, 2.24) is 5.32 Å². The van der Waals surface area contributed by atoms with E-state index in [4.69, 9.17) is 9.15 Å². The van der Waals surface area contributed by atoms with Crippen LogP contribution in [0.15, 0.2) is 41.2 Å². The molecule has 1 unspecified atom stereocenters. The van der Waals surface area contributed by atoms with Gasteiger partial charge >= 0.3 is 0 Å². The second-order valence-electron chi connectivity index (χ2n) is 4.69. The third kappa shape index (κ3) is 3.18. The average molecular weight is 259 g/mol. The van der Waals surface area contributed by atoms with Crippen LogP contribution in [0.4, 0.5) is 0 Å². The van der Waals surface area contributed by atoms with Crippen LogP contribution in [0.1, 0.15) is 36.1 Å². The highest BCUT2D eigenvalue weighted by Gasteiger charge is 2.18. The van der Waals surface area contributed by atoms with Crippen LogP contribution in [-0.2, 0) is 0 Å². The molecule has 0 saturated carbocycles. The Bertz CT molecular complexity index is 505. The lowest BCUT2D eigenvalue weighted by Crippen LogP contribution is -2.23. The summed E-state index contributed by atoms with van der Waals surface area (Å²) in [5.74, 6) is 0.903. The molecule has 1 atom stereocenters. The molecule has 1 heterocycles. The van der Waals surface area contributed by atoms with Crippen molar-refractivity contribution in [2.75, 3.05) is 13.7 Å². The van der Waals surface area contributed by atoms with E-state index in [-0.39, 0.29) is 6.04 Å². The van der Waals surface area contributed by atoms with E-state index in [9.17, 15) is 0 Å². The zero-order chi connectivity index (χ0) is 13.7. The fraction of sp³-hybridized carbons (Fsp3) is 0.375. The van der Waals surface area contributed by atoms with Crippen LogP contribution in [0.5, 0.6) is 5.75 Å². The number of furan rings is 1. The molecule has 0 bridgehead atoms. The molecule has 0 aliphatic rings. The minimum absolute atomic E-state index is 0.105.